The molecule has 6 heteroatoms. The highest BCUT2D eigenvalue weighted by molar-refractivity contribution is 7.19. The van der Waals surface area contributed by atoms with Crippen molar-refractivity contribution < 1.29 is 4.74 Å². The quantitative estimate of drug-likeness (QED) is 0.636. The molecule has 0 aliphatic heterocycles. The first kappa shape index (κ1) is 16.0. The predicted octanol–water partition coefficient (Wildman–Crippen LogP) is 4.78. The number of aromatic nitrogens is 2. The van der Waals surface area contributed by atoms with E-state index >= 15 is 0 Å². The molecule has 4 nitrogen and oxygen atoms in total. The molecule has 0 saturated carbocycles. The van der Waals surface area contributed by atoms with E-state index in [1.54, 1.807) is 11.3 Å². The first-order valence-electron chi connectivity index (χ1n) is 7.38. The van der Waals surface area contributed by atoms with Gasteiger partial charge in [0.1, 0.15) is 16.4 Å². The fraction of sp³-hybridized carbons (Fsp3) is 0.294. The normalized spacial score (nSPS) is 11.0. The Kier molecular flexibility index (Phi) is 4.41. The topological polar surface area (TPSA) is 38.3 Å². The summed E-state index contributed by atoms with van der Waals surface area (Å²) < 4.78 is 5.53. The van der Waals surface area contributed by atoms with Gasteiger partial charge in [-0.25, -0.2) is 4.98 Å². The number of anilines is 1. The van der Waals surface area contributed by atoms with Gasteiger partial charge in [0.25, 0.3) is 0 Å². The van der Waals surface area contributed by atoms with Crippen LogP contribution in [0.3, 0.4) is 0 Å². The maximum absolute atomic E-state index is 6.07. The van der Waals surface area contributed by atoms with Crippen LogP contribution in [0.5, 0.6) is 5.75 Å². The molecule has 3 rings (SSSR count). The summed E-state index contributed by atoms with van der Waals surface area (Å²) >= 11 is 7.71. The molecule has 1 aromatic carbocycles. The molecule has 0 N–H and O–H groups in total. The molecular weight excluding hydrogens is 330 g/mol. The molecule has 0 radical (unpaired) electrons. The van der Waals surface area contributed by atoms with Crippen molar-refractivity contribution in [1.29, 1.82) is 0 Å². The van der Waals surface area contributed by atoms with E-state index in [9.17, 15) is 0 Å². The summed E-state index contributed by atoms with van der Waals surface area (Å²) in [6.07, 6.45) is 0. The Labute approximate surface area is 144 Å². The van der Waals surface area contributed by atoms with Crippen molar-refractivity contribution in [1.82, 2.24) is 9.97 Å². The van der Waals surface area contributed by atoms with E-state index in [4.69, 9.17) is 16.3 Å². The van der Waals surface area contributed by atoms with Crippen LogP contribution < -0.4 is 9.64 Å². The second kappa shape index (κ2) is 6.34. The van der Waals surface area contributed by atoms with Crippen molar-refractivity contribution in [2.75, 3.05) is 25.6 Å². The largest absolute Gasteiger partial charge is 0.494 e. The van der Waals surface area contributed by atoms with Gasteiger partial charge in [-0.2, -0.15) is 4.98 Å². The summed E-state index contributed by atoms with van der Waals surface area (Å²) in [4.78, 5) is 12.9. The SMILES string of the molecule is CCOc1ccc(-c2c(C)sc3nc(Cl)nc(N(C)C)c23)cc1. The van der Waals surface area contributed by atoms with Gasteiger partial charge >= 0.3 is 0 Å². The highest BCUT2D eigenvalue weighted by atomic mass is 35.5. The molecule has 0 bridgehead atoms. The lowest BCUT2D eigenvalue weighted by atomic mass is 10.0. The number of halogens is 1. The fourth-order valence-electron chi connectivity index (χ4n) is 2.62. The Bertz CT molecular complexity index is 843. The van der Waals surface area contributed by atoms with Crippen LogP contribution in [-0.4, -0.2) is 30.7 Å². The standard InChI is InChI=1S/C17H18ClN3OS/c1-5-22-12-8-6-11(7-9-12)13-10(2)23-16-14(13)15(21(3)4)19-17(18)20-16/h6-9H,5H2,1-4H3. The number of fused-ring (bicyclic) bond motifs is 1. The molecule has 0 aliphatic rings. The van der Waals surface area contributed by atoms with Crippen LogP contribution in [0, 0.1) is 6.92 Å². The van der Waals surface area contributed by atoms with E-state index in [0.717, 1.165) is 32.9 Å². The van der Waals surface area contributed by atoms with E-state index in [1.165, 1.54) is 4.88 Å². The van der Waals surface area contributed by atoms with Gasteiger partial charge in [-0.05, 0) is 43.1 Å². The number of ether oxygens (including phenoxy) is 1. The van der Waals surface area contributed by atoms with Crippen molar-refractivity contribution in [3.63, 3.8) is 0 Å². The number of benzene rings is 1. The molecular formula is C17H18ClN3OS. The van der Waals surface area contributed by atoms with Crippen molar-refractivity contribution in [3.8, 4) is 16.9 Å². The van der Waals surface area contributed by atoms with E-state index in [1.807, 2.05) is 38.1 Å². The molecule has 23 heavy (non-hydrogen) atoms. The second-order valence-corrected chi connectivity index (χ2v) is 6.92. The minimum absolute atomic E-state index is 0.278. The van der Waals surface area contributed by atoms with Gasteiger partial charge in [0, 0.05) is 24.5 Å². The Balaban J connectivity index is 2.22. The average molecular weight is 348 g/mol. The predicted molar refractivity (Wildman–Crippen MR) is 98.1 cm³/mol. The summed E-state index contributed by atoms with van der Waals surface area (Å²) in [6.45, 7) is 4.75. The van der Waals surface area contributed by atoms with Crippen LogP contribution in [0.4, 0.5) is 5.82 Å². The number of thiophene rings is 1. The molecule has 0 spiro atoms. The zero-order valence-electron chi connectivity index (χ0n) is 13.6. The Hall–Kier alpha value is -1.85. The van der Waals surface area contributed by atoms with Gasteiger partial charge < -0.3 is 9.64 Å². The molecule has 120 valence electrons. The first-order valence-corrected chi connectivity index (χ1v) is 8.58. The third-order valence-corrected chi connectivity index (χ3v) is 4.73. The molecule has 3 aromatic rings. The van der Waals surface area contributed by atoms with Crippen LogP contribution in [0.15, 0.2) is 24.3 Å². The Morgan fingerprint density at radius 2 is 1.87 bits per heavy atom. The van der Waals surface area contributed by atoms with Crippen molar-refractivity contribution in [3.05, 3.63) is 34.4 Å². The summed E-state index contributed by atoms with van der Waals surface area (Å²) in [5, 5.41) is 1.33. The van der Waals surface area contributed by atoms with Crippen molar-refractivity contribution in [2.45, 2.75) is 13.8 Å². The number of hydrogen-bond donors (Lipinski definition) is 0. The van der Waals surface area contributed by atoms with Gasteiger partial charge in [-0.1, -0.05) is 12.1 Å². The van der Waals surface area contributed by atoms with E-state index in [0.29, 0.717) is 6.61 Å². The highest BCUT2D eigenvalue weighted by Gasteiger charge is 2.19. The smallest absolute Gasteiger partial charge is 0.225 e. The van der Waals surface area contributed by atoms with Crippen molar-refractivity contribution in [2.24, 2.45) is 0 Å². The summed E-state index contributed by atoms with van der Waals surface area (Å²) in [5.74, 6) is 1.72. The lowest BCUT2D eigenvalue weighted by Gasteiger charge is -2.14. The van der Waals surface area contributed by atoms with Crippen LogP contribution in [0.25, 0.3) is 21.3 Å². The fourth-order valence-corrected chi connectivity index (χ4v) is 3.88. The maximum atomic E-state index is 6.07. The van der Waals surface area contributed by atoms with Gasteiger partial charge in [0.15, 0.2) is 0 Å². The zero-order valence-corrected chi connectivity index (χ0v) is 15.1. The third-order valence-electron chi connectivity index (χ3n) is 3.56. The van der Waals surface area contributed by atoms with E-state index in [-0.39, 0.29) is 5.28 Å². The molecule has 0 amide bonds. The van der Waals surface area contributed by atoms with Crippen molar-refractivity contribution >= 4 is 39.0 Å². The van der Waals surface area contributed by atoms with E-state index in [2.05, 4.69) is 29.0 Å². The zero-order chi connectivity index (χ0) is 16.6. The maximum Gasteiger partial charge on any atom is 0.225 e. The highest BCUT2D eigenvalue weighted by Crippen LogP contribution is 2.42. The number of aryl methyl sites for hydroxylation is 1. The monoisotopic (exact) mass is 347 g/mol. The minimum Gasteiger partial charge on any atom is -0.494 e. The Morgan fingerprint density at radius 1 is 1.17 bits per heavy atom. The molecule has 0 aliphatic carbocycles. The first-order chi connectivity index (χ1) is 11.0. The average Bonchev–Trinajstić information content (AvgIpc) is 2.83. The molecule has 0 saturated heterocycles. The number of nitrogens with zero attached hydrogens (tertiary/aromatic N) is 3. The lowest BCUT2D eigenvalue weighted by Crippen LogP contribution is -2.11. The van der Waals surface area contributed by atoms with E-state index < -0.39 is 0 Å². The molecule has 2 aromatic heterocycles. The third kappa shape index (κ3) is 2.99. The number of rotatable bonds is 4. The number of hydrogen-bond acceptors (Lipinski definition) is 5. The van der Waals surface area contributed by atoms with Crippen LogP contribution in [0.1, 0.15) is 11.8 Å². The van der Waals surface area contributed by atoms with Gasteiger partial charge in [0.2, 0.25) is 5.28 Å². The van der Waals surface area contributed by atoms with Crippen LogP contribution in [0.2, 0.25) is 5.28 Å². The second-order valence-electron chi connectivity index (χ2n) is 5.38. The van der Waals surface area contributed by atoms with Crippen LogP contribution >= 0.6 is 22.9 Å². The summed E-state index contributed by atoms with van der Waals surface area (Å²) in [7, 11) is 3.93. The van der Waals surface area contributed by atoms with Gasteiger partial charge in [-0.15, -0.1) is 11.3 Å². The Morgan fingerprint density at radius 3 is 2.48 bits per heavy atom. The lowest BCUT2D eigenvalue weighted by molar-refractivity contribution is 0.340. The minimum atomic E-state index is 0.278. The molecule has 2 heterocycles. The van der Waals surface area contributed by atoms with Crippen LogP contribution in [-0.2, 0) is 0 Å². The summed E-state index contributed by atoms with van der Waals surface area (Å²) in [6, 6.07) is 8.14. The van der Waals surface area contributed by atoms with Gasteiger partial charge in [0.05, 0.1) is 12.0 Å². The molecule has 0 unspecified atom stereocenters. The molecule has 0 atom stereocenters. The summed E-state index contributed by atoms with van der Waals surface area (Å²) in [5.41, 5.74) is 2.29. The molecule has 0 fully saturated rings. The van der Waals surface area contributed by atoms with Gasteiger partial charge in [-0.3, -0.25) is 0 Å².